The minimum absolute atomic E-state index is 1.01. The van der Waals surface area contributed by atoms with Crippen LogP contribution >= 0.6 is 0 Å². The molecule has 0 spiro atoms. The molecule has 0 aliphatic rings. The molecule has 9 heavy (non-hydrogen) atoms. The normalized spacial score (nSPS) is 10.8. The Morgan fingerprint density at radius 1 is 1.44 bits per heavy atom. The Morgan fingerprint density at radius 3 is 3.11 bits per heavy atom. The first-order chi connectivity index (χ1) is 4.38. The van der Waals surface area contributed by atoms with Crippen molar-refractivity contribution in [1.82, 2.24) is 19.2 Å². The highest BCUT2D eigenvalue weighted by Crippen LogP contribution is 1.95. The molecular formula is C5H6N4. The fourth-order valence-electron chi connectivity index (χ4n) is 0.815. The number of hydrogen-bond donors (Lipinski definition) is 0. The molecule has 2 aromatic heterocycles. The zero-order valence-electron chi connectivity index (χ0n) is 5.02. The van der Waals surface area contributed by atoms with Crippen molar-refractivity contribution in [3.8, 4) is 0 Å². The summed E-state index contributed by atoms with van der Waals surface area (Å²) < 4.78 is 3.63. The maximum Gasteiger partial charge on any atom is 0.155 e. The molecule has 0 saturated carbocycles. The van der Waals surface area contributed by atoms with Gasteiger partial charge in [0.2, 0.25) is 0 Å². The van der Waals surface area contributed by atoms with Crippen LogP contribution in [0.2, 0.25) is 0 Å². The minimum Gasteiger partial charge on any atom is -0.317 e. The van der Waals surface area contributed by atoms with Crippen molar-refractivity contribution >= 4 is 5.65 Å². The predicted molar refractivity (Wildman–Crippen MR) is 32.0 cm³/mol. The van der Waals surface area contributed by atoms with E-state index in [0.717, 1.165) is 5.65 Å². The van der Waals surface area contributed by atoms with Crippen LogP contribution in [0.4, 0.5) is 0 Å². The van der Waals surface area contributed by atoms with Gasteiger partial charge in [-0.3, -0.25) is 0 Å². The van der Waals surface area contributed by atoms with Crippen molar-refractivity contribution in [1.29, 1.82) is 0 Å². The number of aryl methyl sites for hydroxylation is 1. The number of nitrogens with zero attached hydrogens (tertiary/aromatic N) is 4. The summed E-state index contributed by atoms with van der Waals surface area (Å²) in [4.78, 5) is 3.90. The smallest absolute Gasteiger partial charge is 0.155 e. The summed E-state index contributed by atoms with van der Waals surface area (Å²) in [6.45, 7) is 0. The van der Waals surface area contributed by atoms with Crippen molar-refractivity contribution in [2.75, 3.05) is 0 Å². The van der Waals surface area contributed by atoms with Crippen LogP contribution in [-0.2, 0) is 7.05 Å². The molecule has 2 aromatic rings. The number of fused-ring (bicyclic) bond motifs is 1. The Hall–Kier alpha value is -1.32. The summed E-state index contributed by atoms with van der Waals surface area (Å²) in [6, 6.07) is 0. The number of aromatic nitrogens is 4. The van der Waals surface area contributed by atoms with Crippen LogP contribution in [0.5, 0.6) is 0 Å². The van der Waals surface area contributed by atoms with E-state index in [4.69, 9.17) is 0 Å². The van der Waals surface area contributed by atoms with Gasteiger partial charge in [-0.05, 0) is 0 Å². The van der Waals surface area contributed by atoms with Gasteiger partial charge < -0.3 is 4.57 Å². The van der Waals surface area contributed by atoms with Gasteiger partial charge in [0.15, 0.2) is 5.65 Å². The van der Waals surface area contributed by atoms with Crippen LogP contribution in [0.15, 0.2) is 18.9 Å². The topological polar surface area (TPSA) is 35.1 Å². The second-order valence-electron chi connectivity index (χ2n) is 1.94. The maximum atomic E-state index is 4.00. The van der Waals surface area contributed by atoms with Crippen LogP contribution in [0, 0.1) is 0 Å². The van der Waals surface area contributed by atoms with E-state index in [1.54, 1.807) is 23.4 Å². The SMILES string of the molecule is Cn1cnn2cncc12. The van der Waals surface area contributed by atoms with Gasteiger partial charge in [0.25, 0.3) is 0 Å². The Kier molecular flexibility index (Phi) is 0.677. The summed E-state index contributed by atoms with van der Waals surface area (Å²) >= 11 is 0. The molecule has 0 saturated heterocycles. The Balaban J connectivity index is 2.99. The van der Waals surface area contributed by atoms with Crippen molar-refractivity contribution in [3.05, 3.63) is 18.9 Å². The van der Waals surface area contributed by atoms with Crippen molar-refractivity contribution in [3.63, 3.8) is 0 Å². The molecule has 0 N–H and O–H groups in total. The van der Waals surface area contributed by atoms with Gasteiger partial charge in [0.1, 0.15) is 12.7 Å². The quantitative estimate of drug-likeness (QED) is 0.495. The molecule has 2 heterocycles. The average molecular weight is 122 g/mol. The minimum atomic E-state index is 1.01. The Morgan fingerprint density at radius 2 is 2.33 bits per heavy atom. The molecule has 0 fully saturated rings. The summed E-state index contributed by atoms with van der Waals surface area (Å²) in [5, 5.41) is 4.00. The van der Waals surface area contributed by atoms with Crippen LogP contribution in [0.1, 0.15) is 0 Å². The predicted octanol–water partition coefficient (Wildman–Crippen LogP) is 0.0678. The highest BCUT2D eigenvalue weighted by atomic mass is 15.3. The number of rotatable bonds is 0. The van der Waals surface area contributed by atoms with Crippen LogP contribution in [0.25, 0.3) is 5.65 Å². The molecule has 0 aliphatic carbocycles. The van der Waals surface area contributed by atoms with Gasteiger partial charge >= 0.3 is 0 Å². The third-order valence-electron chi connectivity index (χ3n) is 1.31. The first kappa shape index (κ1) is 4.55. The zero-order valence-corrected chi connectivity index (χ0v) is 5.02. The van der Waals surface area contributed by atoms with E-state index in [1.807, 2.05) is 11.6 Å². The Labute approximate surface area is 51.7 Å². The van der Waals surface area contributed by atoms with Gasteiger partial charge in [-0.15, -0.1) is 0 Å². The molecule has 0 atom stereocenters. The molecule has 0 aromatic carbocycles. The molecule has 0 aliphatic heterocycles. The summed E-state index contributed by atoms with van der Waals surface area (Å²) in [7, 11) is 1.93. The lowest BCUT2D eigenvalue weighted by Crippen LogP contribution is -1.82. The molecule has 46 valence electrons. The van der Waals surface area contributed by atoms with Crippen molar-refractivity contribution < 1.29 is 0 Å². The standard InChI is InChI=1S/C5H6N4/c1-8-4-7-9-3-6-2-5(8)9/h2-4H,1H3. The lowest BCUT2D eigenvalue weighted by molar-refractivity contribution is 0.932. The lowest BCUT2D eigenvalue weighted by Gasteiger charge is -1.82. The fourth-order valence-corrected chi connectivity index (χ4v) is 0.815. The van der Waals surface area contributed by atoms with E-state index in [0.29, 0.717) is 0 Å². The summed E-state index contributed by atoms with van der Waals surface area (Å²) in [5.74, 6) is 0. The van der Waals surface area contributed by atoms with Gasteiger partial charge in [0.05, 0.1) is 6.20 Å². The molecule has 0 radical (unpaired) electrons. The fraction of sp³-hybridized carbons (Fsp3) is 0.200. The molecule has 0 bridgehead atoms. The maximum absolute atomic E-state index is 4.00. The molecule has 4 nitrogen and oxygen atoms in total. The van der Waals surface area contributed by atoms with Crippen molar-refractivity contribution in [2.24, 2.45) is 7.05 Å². The molecular weight excluding hydrogens is 116 g/mol. The zero-order chi connectivity index (χ0) is 6.27. The van der Waals surface area contributed by atoms with Gasteiger partial charge in [0, 0.05) is 7.05 Å². The van der Waals surface area contributed by atoms with Crippen LogP contribution in [0.3, 0.4) is 0 Å². The Bertz CT molecular complexity index is 318. The van der Waals surface area contributed by atoms with E-state index in [-0.39, 0.29) is 0 Å². The van der Waals surface area contributed by atoms with E-state index < -0.39 is 0 Å². The first-order valence-electron chi connectivity index (χ1n) is 2.67. The van der Waals surface area contributed by atoms with Crippen LogP contribution < -0.4 is 0 Å². The first-order valence-corrected chi connectivity index (χ1v) is 2.67. The largest absolute Gasteiger partial charge is 0.317 e. The van der Waals surface area contributed by atoms with E-state index in [1.165, 1.54) is 0 Å². The van der Waals surface area contributed by atoms with E-state index in [9.17, 15) is 0 Å². The van der Waals surface area contributed by atoms with Gasteiger partial charge in [-0.25, -0.2) is 9.50 Å². The average Bonchev–Trinajstić information content (AvgIpc) is 2.35. The molecule has 2 rings (SSSR count). The second kappa shape index (κ2) is 1.34. The highest BCUT2D eigenvalue weighted by Gasteiger charge is 1.94. The number of hydrogen-bond acceptors (Lipinski definition) is 2. The highest BCUT2D eigenvalue weighted by molar-refractivity contribution is 5.33. The lowest BCUT2D eigenvalue weighted by atomic mass is 10.8. The van der Waals surface area contributed by atoms with Crippen molar-refractivity contribution in [2.45, 2.75) is 0 Å². The molecule has 0 amide bonds. The third kappa shape index (κ3) is 0.468. The van der Waals surface area contributed by atoms with E-state index >= 15 is 0 Å². The molecule has 4 heteroatoms. The molecule has 0 unspecified atom stereocenters. The third-order valence-corrected chi connectivity index (χ3v) is 1.31. The monoisotopic (exact) mass is 122 g/mol. The van der Waals surface area contributed by atoms with Gasteiger partial charge in [-0.1, -0.05) is 0 Å². The summed E-state index contributed by atoms with van der Waals surface area (Å²) in [5.41, 5.74) is 1.01. The van der Waals surface area contributed by atoms with Crippen LogP contribution in [-0.4, -0.2) is 19.2 Å². The van der Waals surface area contributed by atoms with Gasteiger partial charge in [-0.2, -0.15) is 5.10 Å². The van der Waals surface area contributed by atoms with E-state index in [2.05, 4.69) is 10.1 Å². The number of imidazole rings is 1. The summed E-state index contributed by atoms with van der Waals surface area (Å²) in [6.07, 6.45) is 5.19. The second-order valence-corrected chi connectivity index (χ2v) is 1.94.